The third kappa shape index (κ3) is 3.85. The molecular formula is C16H25N. The van der Waals surface area contributed by atoms with E-state index >= 15 is 0 Å². The summed E-state index contributed by atoms with van der Waals surface area (Å²) in [5, 5.41) is 3.80. The molecule has 17 heavy (non-hydrogen) atoms. The van der Waals surface area contributed by atoms with Gasteiger partial charge in [0, 0.05) is 12.1 Å². The van der Waals surface area contributed by atoms with Crippen molar-refractivity contribution in [3.05, 3.63) is 35.4 Å². The number of hydrogen-bond acceptors (Lipinski definition) is 1. The Bertz CT molecular complexity index is 337. The topological polar surface area (TPSA) is 12.0 Å². The minimum Gasteiger partial charge on any atom is -0.307 e. The highest BCUT2D eigenvalue weighted by molar-refractivity contribution is 5.24. The van der Waals surface area contributed by atoms with Gasteiger partial charge in [-0.3, -0.25) is 0 Å². The van der Waals surface area contributed by atoms with Gasteiger partial charge >= 0.3 is 0 Å². The van der Waals surface area contributed by atoms with Crippen LogP contribution in [-0.4, -0.2) is 6.04 Å². The second-order valence-electron chi connectivity index (χ2n) is 5.49. The lowest BCUT2D eigenvalue weighted by atomic mass is 10.0. The van der Waals surface area contributed by atoms with E-state index in [0.29, 0.717) is 6.04 Å². The summed E-state index contributed by atoms with van der Waals surface area (Å²) in [4.78, 5) is 0. The predicted molar refractivity (Wildman–Crippen MR) is 74.2 cm³/mol. The minimum absolute atomic E-state index is 0.484. The Labute approximate surface area is 106 Å². The fourth-order valence-corrected chi connectivity index (χ4v) is 2.84. The first-order chi connectivity index (χ1) is 8.25. The molecule has 0 amide bonds. The average molecular weight is 231 g/mol. The summed E-state index contributed by atoms with van der Waals surface area (Å²) >= 11 is 0. The molecule has 1 aliphatic rings. The van der Waals surface area contributed by atoms with Crippen LogP contribution < -0.4 is 5.32 Å². The molecule has 94 valence electrons. The molecule has 1 heteroatoms. The van der Waals surface area contributed by atoms with Gasteiger partial charge in [0.15, 0.2) is 0 Å². The van der Waals surface area contributed by atoms with E-state index in [2.05, 4.69) is 43.4 Å². The van der Waals surface area contributed by atoms with Crippen LogP contribution in [0.5, 0.6) is 0 Å². The van der Waals surface area contributed by atoms with E-state index in [1.165, 1.54) is 49.7 Å². The molecule has 0 saturated heterocycles. The summed E-state index contributed by atoms with van der Waals surface area (Å²) in [6.45, 7) is 4.46. The van der Waals surface area contributed by atoms with E-state index in [9.17, 15) is 0 Å². The van der Waals surface area contributed by atoms with E-state index < -0.39 is 0 Å². The summed E-state index contributed by atoms with van der Waals surface area (Å²) < 4.78 is 0. The van der Waals surface area contributed by atoms with E-state index in [1.807, 2.05) is 0 Å². The van der Waals surface area contributed by atoms with Crippen LogP contribution in [0.2, 0.25) is 0 Å². The lowest BCUT2D eigenvalue weighted by Crippen LogP contribution is -2.31. The molecule has 2 rings (SSSR count). The van der Waals surface area contributed by atoms with E-state index in [1.54, 1.807) is 0 Å². The minimum atomic E-state index is 0.484. The fraction of sp³-hybridized carbons (Fsp3) is 0.625. The molecular weight excluding hydrogens is 206 g/mol. The third-order valence-corrected chi connectivity index (χ3v) is 3.88. The zero-order valence-electron chi connectivity index (χ0n) is 11.2. The summed E-state index contributed by atoms with van der Waals surface area (Å²) in [6.07, 6.45) is 8.37. The number of aryl methyl sites for hydroxylation is 1. The SMILES string of the molecule is Cc1cccc([C@@H](C)NC2CCCCCC2)c1. The number of benzene rings is 1. The molecule has 0 unspecified atom stereocenters. The molecule has 0 aliphatic heterocycles. The lowest BCUT2D eigenvalue weighted by Gasteiger charge is -2.22. The molecule has 1 aromatic rings. The van der Waals surface area contributed by atoms with Crippen LogP contribution >= 0.6 is 0 Å². The Morgan fingerprint density at radius 1 is 1.12 bits per heavy atom. The first-order valence-corrected chi connectivity index (χ1v) is 7.08. The highest BCUT2D eigenvalue weighted by Crippen LogP contribution is 2.21. The Balaban J connectivity index is 1.93. The van der Waals surface area contributed by atoms with Gasteiger partial charge in [-0.25, -0.2) is 0 Å². The summed E-state index contributed by atoms with van der Waals surface area (Å²) in [7, 11) is 0. The maximum atomic E-state index is 3.80. The maximum Gasteiger partial charge on any atom is 0.0294 e. The normalized spacial score (nSPS) is 19.9. The van der Waals surface area contributed by atoms with Crippen molar-refractivity contribution in [2.75, 3.05) is 0 Å². The van der Waals surface area contributed by atoms with E-state index in [4.69, 9.17) is 0 Å². The Morgan fingerprint density at radius 2 is 1.82 bits per heavy atom. The van der Waals surface area contributed by atoms with Crippen molar-refractivity contribution in [2.45, 2.75) is 64.5 Å². The Kier molecular flexibility index (Phi) is 4.61. The molecule has 1 fully saturated rings. The van der Waals surface area contributed by atoms with Crippen molar-refractivity contribution < 1.29 is 0 Å². The summed E-state index contributed by atoms with van der Waals surface area (Å²) in [5.41, 5.74) is 2.78. The summed E-state index contributed by atoms with van der Waals surface area (Å²) in [5.74, 6) is 0. The smallest absolute Gasteiger partial charge is 0.0294 e. The molecule has 1 N–H and O–H groups in total. The van der Waals surface area contributed by atoms with Gasteiger partial charge in [-0.1, -0.05) is 55.5 Å². The summed E-state index contributed by atoms with van der Waals surface area (Å²) in [6, 6.07) is 10.1. The second kappa shape index (κ2) is 6.20. The predicted octanol–water partition coefficient (Wildman–Crippen LogP) is 4.37. The van der Waals surface area contributed by atoms with Gasteiger partial charge in [0.1, 0.15) is 0 Å². The van der Waals surface area contributed by atoms with Crippen LogP contribution in [-0.2, 0) is 0 Å². The number of rotatable bonds is 3. The van der Waals surface area contributed by atoms with Crippen molar-refractivity contribution in [1.29, 1.82) is 0 Å². The van der Waals surface area contributed by atoms with E-state index in [-0.39, 0.29) is 0 Å². The molecule has 1 aliphatic carbocycles. The van der Waals surface area contributed by atoms with Gasteiger partial charge in [0.25, 0.3) is 0 Å². The first kappa shape index (κ1) is 12.6. The molecule has 0 bridgehead atoms. The Hall–Kier alpha value is -0.820. The highest BCUT2D eigenvalue weighted by Gasteiger charge is 2.15. The van der Waals surface area contributed by atoms with Crippen molar-refractivity contribution in [1.82, 2.24) is 5.32 Å². The van der Waals surface area contributed by atoms with Gasteiger partial charge < -0.3 is 5.32 Å². The van der Waals surface area contributed by atoms with Crippen LogP contribution in [0.15, 0.2) is 24.3 Å². The van der Waals surface area contributed by atoms with Crippen molar-refractivity contribution >= 4 is 0 Å². The van der Waals surface area contributed by atoms with Gasteiger partial charge in [0.2, 0.25) is 0 Å². The third-order valence-electron chi connectivity index (χ3n) is 3.88. The van der Waals surface area contributed by atoms with Crippen LogP contribution in [0.3, 0.4) is 0 Å². The van der Waals surface area contributed by atoms with Crippen LogP contribution in [0.25, 0.3) is 0 Å². The van der Waals surface area contributed by atoms with Crippen molar-refractivity contribution in [2.24, 2.45) is 0 Å². The second-order valence-corrected chi connectivity index (χ2v) is 5.49. The Morgan fingerprint density at radius 3 is 2.47 bits per heavy atom. The quantitative estimate of drug-likeness (QED) is 0.762. The lowest BCUT2D eigenvalue weighted by molar-refractivity contribution is 0.414. The van der Waals surface area contributed by atoms with Gasteiger partial charge in [0.05, 0.1) is 0 Å². The zero-order chi connectivity index (χ0) is 12.1. The zero-order valence-corrected chi connectivity index (χ0v) is 11.2. The molecule has 1 atom stereocenters. The van der Waals surface area contributed by atoms with Crippen molar-refractivity contribution in [3.8, 4) is 0 Å². The van der Waals surface area contributed by atoms with Gasteiger partial charge in [-0.05, 0) is 32.3 Å². The molecule has 0 radical (unpaired) electrons. The largest absolute Gasteiger partial charge is 0.307 e. The number of nitrogens with one attached hydrogen (secondary N) is 1. The van der Waals surface area contributed by atoms with E-state index in [0.717, 1.165) is 6.04 Å². The van der Waals surface area contributed by atoms with Crippen LogP contribution in [0, 0.1) is 6.92 Å². The van der Waals surface area contributed by atoms with Gasteiger partial charge in [-0.2, -0.15) is 0 Å². The first-order valence-electron chi connectivity index (χ1n) is 7.08. The van der Waals surface area contributed by atoms with Crippen LogP contribution in [0.4, 0.5) is 0 Å². The molecule has 0 heterocycles. The highest BCUT2D eigenvalue weighted by atomic mass is 14.9. The standard InChI is InChI=1S/C16H25N/c1-13-8-7-9-15(12-13)14(2)17-16-10-5-3-4-6-11-16/h7-9,12,14,16-17H,3-6,10-11H2,1-2H3/t14-/m1/s1. The molecule has 1 saturated carbocycles. The van der Waals surface area contributed by atoms with Crippen LogP contribution in [0.1, 0.15) is 62.6 Å². The molecule has 0 aromatic heterocycles. The van der Waals surface area contributed by atoms with Crippen molar-refractivity contribution in [3.63, 3.8) is 0 Å². The molecule has 1 nitrogen and oxygen atoms in total. The number of hydrogen-bond donors (Lipinski definition) is 1. The fourth-order valence-electron chi connectivity index (χ4n) is 2.84. The molecule has 0 spiro atoms. The van der Waals surface area contributed by atoms with Gasteiger partial charge in [-0.15, -0.1) is 0 Å². The average Bonchev–Trinajstić information content (AvgIpc) is 2.57. The monoisotopic (exact) mass is 231 g/mol. The molecule has 1 aromatic carbocycles. The maximum absolute atomic E-state index is 3.80.